The van der Waals surface area contributed by atoms with Crippen LogP contribution in [0.25, 0.3) is 0 Å². The lowest BCUT2D eigenvalue weighted by molar-refractivity contribution is 0.249. The molecular weight excluding hydrogens is 350 g/mol. The number of sulfonamides is 1. The Hall–Kier alpha value is -0.860. The highest BCUT2D eigenvalue weighted by atomic mass is 32.2. The summed E-state index contributed by atoms with van der Waals surface area (Å²) < 4.78 is 27.0. The molecule has 0 amide bonds. The van der Waals surface area contributed by atoms with Crippen LogP contribution in [0.1, 0.15) is 45.4 Å². The van der Waals surface area contributed by atoms with E-state index in [4.69, 9.17) is 0 Å². The third-order valence-electron chi connectivity index (χ3n) is 5.89. The van der Waals surface area contributed by atoms with E-state index in [1.165, 1.54) is 38.8 Å². The molecule has 0 aromatic carbocycles. The van der Waals surface area contributed by atoms with Crippen molar-refractivity contribution in [1.82, 2.24) is 19.8 Å². The maximum atomic E-state index is 12.1. The van der Waals surface area contributed by atoms with Gasteiger partial charge in [0.15, 0.2) is 5.96 Å². The Kier molecular flexibility index (Phi) is 7.17. The normalized spacial score (nSPS) is 25.7. The molecule has 2 heterocycles. The van der Waals surface area contributed by atoms with E-state index < -0.39 is 10.0 Å². The van der Waals surface area contributed by atoms with Gasteiger partial charge in [0, 0.05) is 32.2 Å². The van der Waals surface area contributed by atoms with Crippen molar-refractivity contribution in [2.75, 3.05) is 51.6 Å². The zero-order valence-corrected chi connectivity index (χ0v) is 16.9. The lowest BCUT2D eigenvalue weighted by atomic mass is 9.86. The molecule has 0 radical (unpaired) electrons. The van der Waals surface area contributed by atoms with Crippen molar-refractivity contribution in [1.29, 1.82) is 0 Å². The van der Waals surface area contributed by atoms with Crippen molar-refractivity contribution in [3.63, 3.8) is 0 Å². The van der Waals surface area contributed by atoms with E-state index in [-0.39, 0.29) is 5.75 Å². The van der Waals surface area contributed by atoms with Crippen molar-refractivity contribution in [2.24, 2.45) is 10.9 Å². The van der Waals surface area contributed by atoms with Crippen LogP contribution in [0.15, 0.2) is 4.99 Å². The standard InChI is InChI=1S/C18H35N5O2S/c1-2-19-18(23-12-8-17(15-23)22-10-3-4-11-22)20-9-13-26(24,25)21-14-16-6-5-7-16/h16-17,21H,2-15H2,1H3,(H,19,20). The van der Waals surface area contributed by atoms with Gasteiger partial charge in [-0.25, -0.2) is 13.1 Å². The van der Waals surface area contributed by atoms with Gasteiger partial charge in [0.2, 0.25) is 10.0 Å². The lowest BCUT2D eigenvalue weighted by Crippen LogP contribution is -2.43. The third-order valence-corrected chi connectivity index (χ3v) is 7.22. The first-order valence-corrected chi connectivity index (χ1v) is 12.0. The van der Waals surface area contributed by atoms with E-state index in [1.807, 2.05) is 0 Å². The molecule has 3 rings (SSSR count). The molecule has 2 saturated heterocycles. The molecule has 2 aliphatic heterocycles. The average molecular weight is 386 g/mol. The van der Waals surface area contributed by atoms with Crippen LogP contribution in [0.2, 0.25) is 0 Å². The highest BCUT2D eigenvalue weighted by Crippen LogP contribution is 2.25. The largest absolute Gasteiger partial charge is 0.357 e. The average Bonchev–Trinajstić information content (AvgIpc) is 3.23. The van der Waals surface area contributed by atoms with Crippen LogP contribution in [0.3, 0.4) is 0 Å². The van der Waals surface area contributed by atoms with Gasteiger partial charge in [-0.1, -0.05) is 6.42 Å². The summed E-state index contributed by atoms with van der Waals surface area (Å²) in [7, 11) is -3.22. The summed E-state index contributed by atoms with van der Waals surface area (Å²) in [5, 5.41) is 3.33. The number of hydrogen-bond acceptors (Lipinski definition) is 4. The number of aliphatic imine (C=N–C) groups is 1. The van der Waals surface area contributed by atoms with Crippen LogP contribution in [0.5, 0.6) is 0 Å². The minimum atomic E-state index is -3.22. The Balaban J connectivity index is 1.47. The van der Waals surface area contributed by atoms with E-state index in [2.05, 4.69) is 31.8 Å². The van der Waals surface area contributed by atoms with Crippen molar-refractivity contribution >= 4 is 16.0 Å². The second kappa shape index (κ2) is 9.37. The lowest BCUT2D eigenvalue weighted by Gasteiger charge is -2.26. The SMILES string of the molecule is CCNC(=NCCS(=O)(=O)NCC1CCC1)N1CCC(N2CCCC2)C1. The van der Waals surface area contributed by atoms with E-state index in [1.54, 1.807) is 0 Å². The van der Waals surface area contributed by atoms with Crippen molar-refractivity contribution in [3.05, 3.63) is 0 Å². The highest BCUT2D eigenvalue weighted by molar-refractivity contribution is 7.89. The predicted molar refractivity (Wildman–Crippen MR) is 106 cm³/mol. The maximum absolute atomic E-state index is 12.1. The number of likely N-dealkylation sites (tertiary alicyclic amines) is 2. The highest BCUT2D eigenvalue weighted by Gasteiger charge is 2.30. The van der Waals surface area contributed by atoms with Crippen LogP contribution in [-0.2, 0) is 10.0 Å². The van der Waals surface area contributed by atoms with Crippen molar-refractivity contribution in [2.45, 2.75) is 51.5 Å². The summed E-state index contributed by atoms with van der Waals surface area (Å²) in [5.74, 6) is 1.47. The van der Waals surface area contributed by atoms with Gasteiger partial charge in [-0.05, 0) is 58.0 Å². The summed E-state index contributed by atoms with van der Waals surface area (Å²) in [4.78, 5) is 9.48. The van der Waals surface area contributed by atoms with E-state index in [0.29, 0.717) is 25.0 Å². The van der Waals surface area contributed by atoms with Gasteiger partial charge in [0.05, 0.1) is 12.3 Å². The topological polar surface area (TPSA) is 77.0 Å². The fourth-order valence-electron chi connectivity index (χ4n) is 4.05. The van der Waals surface area contributed by atoms with Crippen LogP contribution >= 0.6 is 0 Å². The van der Waals surface area contributed by atoms with Gasteiger partial charge in [-0.15, -0.1) is 0 Å². The van der Waals surface area contributed by atoms with Gasteiger partial charge in [-0.2, -0.15) is 0 Å². The van der Waals surface area contributed by atoms with E-state index in [0.717, 1.165) is 38.4 Å². The zero-order chi connectivity index (χ0) is 18.4. The van der Waals surface area contributed by atoms with Crippen molar-refractivity contribution < 1.29 is 8.42 Å². The molecule has 0 aromatic heterocycles. The van der Waals surface area contributed by atoms with Gasteiger partial charge in [0.1, 0.15) is 0 Å². The molecule has 26 heavy (non-hydrogen) atoms. The summed E-state index contributed by atoms with van der Waals surface area (Å²) >= 11 is 0. The quantitative estimate of drug-likeness (QED) is 0.478. The molecule has 3 fully saturated rings. The number of rotatable bonds is 8. The molecular formula is C18H35N5O2S. The minimum absolute atomic E-state index is 0.0675. The number of nitrogens with zero attached hydrogens (tertiary/aromatic N) is 3. The van der Waals surface area contributed by atoms with Gasteiger partial charge < -0.3 is 10.2 Å². The molecule has 8 heteroatoms. The minimum Gasteiger partial charge on any atom is -0.357 e. The first kappa shape index (κ1) is 19.9. The van der Waals surface area contributed by atoms with Gasteiger partial charge in [-0.3, -0.25) is 9.89 Å². The Morgan fingerprint density at radius 3 is 2.54 bits per heavy atom. The second-order valence-electron chi connectivity index (χ2n) is 7.83. The first-order chi connectivity index (χ1) is 12.6. The van der Waals surface area contributed by atoms with Crippen LogP contribution in [0.4, 0.5) is 0 Å². The smallest absolute Gasteiger partial charge is 0.213 e. The summed E-state index contributed by atoms with van der Waals surface area (Å²) in [6, 6.07) is 0.620. The molecule has 1 unspecified atom stereocenters. The van der Waals surface area contributed by atoms with E-state index >= 15 is 0 Å². The zero-order valence-electron chi connectivity index (χ0n) is 16.1. The predicted octanol–water partition coefficient (Wildman–Crippen LogP) is 0.842. The van der Waals surface area contributed by atoms with Crippen LogP contribution in [0, 0.1) is 5.92 Å². The Morgan fingerprint density at radius 1 is 1.12 bits per heavy atom. The van der Waals surface area contributed by atoms with Gasteiger partial charge in [0.25, 0.3) is 0 Å². The summed E-state index contributed by atoms with van der Waals surface area (Å²) in [5.41, 5.74) is 0. The third kappa shape index (κ3) is 5.57. The fourth-order valence-corrected chi connectivity index (χ4v) is 5.02. The number of nitrogens with one attached hydrogen (secondary N) is 2. The number of guanidine groups is 1. The molecule has 0 aromatic rings. The monoisotopic (exact) mass is 385 g/mol. The molecule has 7 nitrogen and oxygen atoms in total. The molecule has 1 aliphatic carbocycles. The first-order valence-electron chi connectivity index (χ1n) is 10.3. The molecule has 1 atom stereocenters. The van der Waals surface area contributed by atoms with Gasteiger partial charge >= 0.3 is 0 Å². The Bertz CT molecular complexity index is 570. The summed E-state index contributed by atoms with van der Waals surface area (Å²) in [6.45, 7) is 8.20. The van der Waals surface area contributed by atoms with E-state index in [9.17, 15) is 8.42 Å². The second-order valence-corrected chi connectivity index (χ2v) is 9.76. The summed E-state index contributed by atoms with van der Waals surface area (Å²) in [6.07, 6.45) is 7.34. The Labute approximate surface area is 158 Å². The van der Waals surface area contributed by atoms with Crippen molar-refractivity contribution in [3.8, 4) is 0 Å². The molecule has 1 saturated carbocycles. The molecule has 150 valence electrons. The number of hydrogen-bond donors (Lipinski definition) is 2. The van der Waals surface area contributed by atoms with Crippen LogP contribution < -0.4 is 10.0 Å². The Morgan fingerprint density at radius 2 is 1.88 bits per heavy atom. The molecule has 3 aliphatic rings. The molecule has 0 bridgehead atoms. The fraction of sp³-hybridized carbons (Fsp3) is 0.944. The molecule has 2 N–H and O–H groups in total. The van der Waals surface area contributed by atoms with Crippen LogP contribution in [-0.4, -0.2) is 81.8 Å². The maximum Gasteiger partial charge on any atom is 0.213 e. The molecule has 0 spiro atoms.